The Morgan fingerprint density at radius 1 is 1.44 bits per heavy atom. The van der Waals surface area contributed by atoms with Crippen LogP contribution in [-0.2, 0) is 4.79 Å². The van der Waals surface area contributed by atoms with Crippen LogP contribution < -0.4 is 0 Å². The predicted molar refractivity (Wildman–Crippen MR) is 81.6 cm³/mol. The van der Waals surface area contributed by atoms with E-state index in [-0.39, 0.29) is 5.91 Å². The average Bonchev–Trinajstić information content (AvgIpc) is 2.60. The molecule has 5 heteroatoms. The number of carbonyl (C=O) groups is 1. The predicted octanol–water partition coefficient (Wildman–Crippen LogP) is 3.95. The van der Waals surface area contributed by atoms with Gasteiger partial charge < -0.3 is 0 Å². The summed E-state index contributed by atoms with van der Waals surface area (Å²) in [6, 6.07) is 7.45. The number of thiocarbonyl (C=S) groups is 1. The molecule has 0 bridgehead atoms. The number of hydrogen-bond donors (Lipinski definition) is 0. The third-order valence-electron chi connectivity index (χ3n) is 2.51. The molecular formula is C13H12ClNOS2. The van der Waals surface area contributed by atoms with Crippen molar-refractivity contribution in [3.8, 4) is 0 Å². The van der Waals surface area contributed by atoms with E-state index in [4.69, 9.17) is 23.8 Å². The van der Waals surface area contributed by atoms with E-state index in [1.165, 1.54) is 11.8 Å². The largest absolute Gasteiger partial charge is 0.293 e. The first-order valence-corrected chi connectivity index (χ1v) is 7.23. The molecule has 0 aliphatic carbocycles. The Morgan fingerprint density at radius 3 is 2.83 bits per heavy atom. The van der Waals surface area contributed by atoms with Crippen LogP contribution >= 0.6 is 35.6 Å². The number of halogens is 1. The molecule has 0 spiro atoms. The molecule has 0 N–H and O–H groups in total. The first-order valence-electron chi connectivity index (χ1n) is 5.63. The van der Waals surface area contributed by atoms with Gasteiger partial charge in [0.1, 0.15) is 4.32 Å². The first-order chi connectivity index (χ1) is 8.63. The van der Waals surface area contributed by atoms with Gasteiger partial charge in [-0.1, -0.05) is 60.7 Å². The SMILES string of the molecule is CCCN1C(=O)/C(=C/c2ccccc2Cl)SC1=S. The fourth-order valence-electron chi connectivity index (χ4n) is 1.65. The third-order valence-corrected chi connectivity index (χ3v) is 4.23. The van der Waals surface area contributed by atoms with Crippen molar-refractivity contribution in [3.63, 3.8) is 0 Å². The first kappa shape index (κ1) is 13.6. The zero-order valence-corrected chi connectivity index (χ0v) is 12.2. The average molecular weight is 298 g/mol. The van der Waals surface area contributed by atoms with Crippen LogP contribution in [0.25, 0.3) is 6.08 Å². The van der Waals surface area contributed by atoms with Crippen LogP contribution in [0.3, 0.4) is 0 Å². The van der Waals surface area contributed by atoms with E-state index in [1.54, 1.807) is 17.0 Å². The van der Waals surface area contributed by atoms with Crippen molar-refractivity contribution in [2.24, 2.45) is 0 Å². The summed E-state index contributed by atoms with van der Waals surface area (Å²) in [4.78, 5) is 14.4. The van der Waals surface area contributed by atoms with Crippen LogP contribution in [0.1, 0.15) is 18.9 Å². The van der Waals surface area contributed by atoms with E-state index in [1.807, 2.05) is 25.1 Å². The van der Waals surface area contributed by atoms with Crippen LogP contribution in [0.15, 0.2) is 29.2 Å². The Hall–Kier alpha value is -0.840. The van der Waals surface area contributed by atoms with Gasteiger partial charge in [-0.15, -0.1) is 0 Å². The van der Waals surface area contributed by atoms with E-state index in [9.17, 15) is 4.79 Å². The number of hydrogen-bond acceptors (Lipinski definition) is 3. The second-order valence-corrected chi connectivity index (χ2v) is 5.94. The highest BCUT2D eigenvalue weighted by atomic mass is 35.5. The Morgan fingerprint density at radius 2 is 2.17 bits per heavy atom. The van der Waals surface area contributed by atoms with E-state index < -0.39 is 0 Å². The van der Waals surface area contributed by atoms with Crippen LogP contribution in [0, 0.1) is 0 Å². The quantitative estimate of drug-likeness (QED) is 0.622. The summed E-state index contributed by atoms with van der Waals surface area (Å²) in [7, 11) is 0. The fraction of sp³-hybridized carbons (Fsp3) is 0.231. The Bertz CT molecular complexity index is 527. The number of thioether (sulfide) groups is 1. The molecular weight excluding hydrogens is 286 g/mol. The maximum Gasteiger partial charge on any atom is 0.266 e. The zero-order chi connectivity index (χ0) is 13.1. The van der Waals surface area contributed by atoms with Gasteiger partial charge in [-0.05, 0) is 24.1 Å². The van der Waals surface area contributed by atoms with Crippen LogP contribution in [0.4, 0.5) is 0 Å². The lowest BCUT2D eigenvalue weighted by Crippen LogP contribution is -2.28. The summed E-state index contributed by atoms with van der Waals surface area (Å²) < 4.78 is 0.625. The summed E-state index contributed by atoms with van der Waals surface area (Å²) >= 11 is 12.6. The topological polar surface area (TPSA) is 20.3 Å². The van der Waals surface area contributed by atoms with Crippen molar-refractivity contribution in [2.75, 3.05) is 6.54 Å². The third kappa shape index (κ3) is 2.76. The highest BCUT2D eigenvalue weighted by molar-refractivity contribution is 8.26. The highest BCUT2D eigenvalue weighted by Gasteiger charge is 2.31. The molecule has 2 rings (SSSR count). The minimum absolute atomic E-state index is 0.0215. The molecule has 1 saturated heterocycles. The molecule has 1 aliphatic rings. The maximum atomic E-state index is 12.1. The van der Waals surface area contributed by atoms with Crippen LogP contribution in [-0.4, -0.2) is 21.7 Å². The monoisotopic (exact) mass is 297 g/mol. The Kier molecular flexibility index (Phi) is 4.43. The van der Waals surface area contributed by atoms with Gasteiger partial charge in [-0.2, -0.15) is 0 Å². The Balaban J connectivity index is 2.28. The summed E-state index contributed by atoms with van der Waals surface area (Å²) in [6.07, 6.45) is 2.70. The standard InChI is InChI=1S/C13H12ClNOS2/c1-2-7-15-12(16)11(18-13(15)17)8-9-5-3-4-6-10(9)14/h3-6,8H,2,7H2,1H3/b11-8-. The van der Waals surface area contributed by atoms with Crippen molar-refractivity contribution in [1.82, 2.24) is 4.90 Å². The molecule has 1 amide bonds. The van der Waals surface area contributed by atoms with Gasteiger partial charge in [0.25, 0.3) is 5.91 Å². The van der Waals surface area contributed by atoms with Crippen molar-refractivity contribution < 1.29 is 4.79 Å². The van der Waals surface area contributed by atoms with E-state index in [2.05, 4.69) is 0 Å². The van der Waals surface area contributed by atoms with Crippen LogP contribution in [0.2, 0.25) is 5.02 Å². The van der Waals surface area contributed by atoms with Crippen LogP contribution in [0.5, 0.6) is 0 Å². The minimum Gasteiger partial charge on any atom is -0.293 e. The molecule has 1 aromatic rings. The minimum atomic E-state index is -0.0215. The van der Waals surface area contributed by atoms with Gasteiger partial charge in [0.2, 0.25) is 0 Å². The molecule has 94 valence electrons. The molecule has 0 unspecified atom stereocenters. The second-order valence-electron chi connectivity index (χ2n) is 3.85. The van der Waals surface area contributed by atoms with E-state index in [0.717, 1.165) is 12.0 Å². The van der Waals surface area contributed by atoms with Crippen molar-refractivity contribution in [2.45, 2.75) is 13.3 Å². The molecule has 2 nitrogen and oxygen atoms in total. The number of amides is 1. The zero-order valence-electron chi connectivity index (χ0n) is 9.85. The van der Waals surface area contributed by atoms with E-state index in [0.29, 0.717) is 20.8 Å². The van der Waals surface area contributed by atoms with Gasteiger partial charge in [-0.3, -0.25) is 9.69 Å². The van der Waals surface area contributed by atoms with Gasteiger partial charge in [0.15, 0.2) is 0 Å². The molecule has 0 saturated carbocycles. The number of nitrogens with zero attached hydrogens (tertiary/aromatic N) is 1. The van der Waals surface area contributed by atoms with Gasteiger partial charge in [-0.25, -0.2) is 0 Å². The van der Waals surface area contributed by atoms with Gasteiger partial charge in [0.05, 0.1) is 4.91 Å². The molecule has 1 aliphatic heterocycles. The van der Waals surface area contributed by atoms with Crippen molar-refractivity contribution >= 4 is 51.9 Å². The van der Waals surface area contributed by atoms with Gasteiger partial charge >= 0.3 is 0 Å². The molecule has 1 fully saturated rings. The summed E-state index contributed by atoms with van der Waals surface area (Å²) in [5, 5.41) is 0.637. The summed E-state index contributed by atoms with van der Waals surface area (Å²) in [6.45, 7) is 2.70. The number of benzene rings is 1. The lowest BCUT2D eigenvalue weighted by molar-refractivity contribution is -0.122. The second kappa shape index (κ2) is 5.87. The molecule has 1 aromatic carbocycles. The number of rotatable bonds is 3. The summed E-state index contributed by atoms with van der Waals surface area (Å²) in [5.41, 5.74) is 0.844. The highest BCUT2D eigenvalue weighted by Crippen LogP contribution is 2.33. The normalized spacial score (nSPS) is 17.9. The van der Waals surface area contributed by atoms with Gasteiger partial charge in [0, 0.05) is 11.6 Å². The smallest absolute Gasteiger partial charge is 0.266 e. The number of carbonyl (C=O) groups excluding carboxylic acids is 1. The fourth-order valence-corrected chi connectivity index (χ4v) is 3.14. The molecule has 0 radical (unpaired) electrons. The summed E-state index contributed by atoms with van der Waals surface area (Å²) in [5.74, 6) is -0.0215. The molecule has 0 aromatic heterocycles. The molecule has 18 heavy (non-hydrogen) atoms. The maximum absolute atomic E-state index is 12.1. The lowest BCUT2D eigenvalue weighted by Gasteiger charge is -2.11. The Labute approximate surface area is 121 Å². The van der Waals surface area contributed by atoms with Crippen molar-refractivity contribution in [3.05, 3.63) is 39.8 Å². The van der Waals surface area contributed by atoms with Crippen molar-refractivity contribution in [1.29, 1.82) is 0 Å². The lowest BCUT2D eigenvalue weighted by atomic mass is 10.2. The van der Waals surface area contributed by atoms with E-state index >= 15 is 0 Å². The molecule has 1 heterocycles. The molecule has 0 atom stereocenters.